The molecule has 1 aliphatic rings. The lowest BCUT2D eigenvalue weighted by molar-refractivity contribution is -0.384. The standard InChI is InChI=1S/C18H19ClN4O3/c1-21-8-10-22(11-9-21)17-5-3-2-4-16(17)20-18(24)14-7-6-13(23(25)26)12-15(14)19/h2-7,12H,8-11H2,1H3,(H,20,24). The summed E-state index contributed by atoms with van der Waals surface area (Å²) in [5.74, 6) is -0.397. The maximum atomic E-state index is 12.6. The zero-order valence-corrected chi connectivity index (χ0v) is 15.1. The smallest absolute Gasteiger partial charge is 0.270 e. The van der Waals surface area contributed by atoms with E-state index in [1.807, 2.05) is 24.3 Å². The molecule has 8 heteroatoms. The molecule has 1 aliphatic heterocycles. The number of hydrogen-bond donors (Lipinski definition) is 1. The molecule has 1 fully saturated rings. The first-order valence-corrected chi connectivity index (χ1v) is 8.61. The Balaban J connectivity index is 1.81. The number of carbonyl (C=O) groups is 1. The van der Waals surface area contributed by atoms with Crippen LogP contribution in [0.3, 0.4) is 0 Å². The van der Waals surface area contributed by atoms with Crippen LogP contribution in [-0.4, -0.2) is 49.0 Å². The van der Waals surface area contributed by atoms with Crippen LogP contribution in [0.15, 0.2) is 42.5 Å². The van der Waals surface area contributed by atoms with E-state index < -0.39 is 10.8 Å². The predicted molar refractivity (Wildman–Crippen MR) is 102 cm³/mol. The molecule has 0 spiro atoms. The van der Waals surface area contributed by atoms with E-state index in [-0.39, 0.29) is 16.3 Å². The predicted octanol–water partition coefficient (Wildman–Crippen LogP) is 3.25. The molecule has 0 radical (unpaired) electrons. The number of nitrogens with one attached hydrogen (secondary N) is 1. The fraction of sp³-hybridized carbons (Fsp3) is 0.278. The monoisotopic (exact) mass is 374 g/mol. The summed E-state index contributed by atoms with van der Waals surface area (Å²) in [4.78, 5) is 27.4. The van der Waals surface area contributed by atoms with Crippen LogP contribution in [0.1, 0.15) is 10.4 Å². The van der Waals surface area contributed by atoms with Gasteiger partial charge in [0.05, 0.1) is 26.9 Å². The van der Waals surface area contributed by atoms with Crippen molar-refractivity contribution >= 4 is 34.6 Å². The number of carbonyl (C=O) groups excluding carboxylic acids is 1. The molecule has 0 aliphatic carbocycles. The Morgan fingerprint density at radius 3 is 2.50 bits per heavy atom. The zero-order valence-electron chi connectivity index (χ0n) is 14.3. The summed E-state index contributed by atoms with van der Waals surface area (Å²) in [5.41, 5.74) is 1.69. The van der Waals surface area contributed by atoms with Gasteiger partial charge in [-0.05, 0) is 25.2 Å². The highest BCUT2D eigenvalue weighted by Gasteiger charge is 2.19. The average Bonchev–Trinajstić information content (AvgIpc) is 2.62. The lowest BCUT2D eigenvalue weighted by Gasteiger charge is -2.35. The zero-order chi connectivity index (χ0) is 18.7. The third kappa shape index (κ3) is 3.95. The number of benzene rings is 2. The summed E-state index contributed by atoms with van der Waals surface area (Å²) in [5, 5.41) is 13.7. The molecule has 0 saturated carbocycles. The molecule has 1 N–H and O–H groups in total. The minimum Gasteiger partial charge on any atom is -0.367 e. The third-order valence-corrected chi connectivity index (χ3v) is 4.72. The first kappa shape index (κ1) is 18.2. The molecular weight excluding hydrogens is 356 g/mol. The summed E-state index contributed by atoms with van der Waals surface area (Å²) in [6, 6.07) is 11.4. The lowest BCUT2D eigenvalue weighted by atomic mass is 10.1. The Bertz CT molecular complexity index is 835. The second kappa shape index (κ2) is 7.72. The van der Waals surface area contributed by atoms with Crippen LogP contribution in [0.25, 0.3) is 0 Å². The highest BCUT2D eigenvalue weighted by Crippen LogP contribution is 2.28. The maximum absolute atomic E-state index is 12.6. The van der Waals surface area contributed by atoms with E-state index in [0.29, 0.717) is 5.69 Å². The molecule has 2 aromatic rings. The third-order valence-electron chi connectivity index (χ3n) is 4.40. The van der Waals surface area contributed by atoms with Crippen molar-refractivity contribution in [1.82, 2.24) is 4.90 Å². The van der Waals surface area contributed by atoms with E-state index in [1.165, 1.54) is 18.2 Å². The van der Waals surface area contributed by atoms with Gasteiger partial charge in [0.15, 0.2) is 0 Å². The van der Waals surface area contributed by atoms with Crippen molar-refractivity contribution < 1.29 is 9.72 Å². The average molecular weight is 375 g/mol. The van der Waals surface area contributed by atoms with Crippen molar-refractivity contribution in [2.45, 2.75) is 0 Å². The van der Waals surface area contributed by atoms with Gasteiger partial charge in [-0.3, -0.25) is 14.9 Å². The Hall–Kier alpha value is -2.64. The van der Waals surface area contributed by atoms with E-state index >= 15 is 0 Å². The molecule has 7 nitrogen and oxygen atoms in total. The van der Waals surface area contributed by atoms with Crippen molar-refractivity contribution in [2.24, 2.45) is 0 Å². The maximum Gasteiger partial charge on any atom is 0.270 e. The topological polar surface area (TPSA) is 78.7 Å². The fourth-order valence-electron chi connectivity index (χ4n) is 2.89. The van der Waals surface area contributed by atoms with Crippen LogP contribution in [0.5, 0.6) is 0 Å². The van der Waals surface area contributed by atoms with E-state index in [4.69, 9.17) is 11.6 Å². The number of amides is 1. The number of anilines is 2. The van der Waals surface area contributed by atoms with Gasteiger partial charge in [0, 0.05) is 38.3 Å². The van der Waals surface area contributed by atoms with E-state index in [1.54, 1.807) is 0 Å². The molecular formula is C18H19ClN4O3. The molecule has 1 saturated heterocycles. The van der Waals surface area contributed by atoms with Crippen molar-refractivity contribution in [3.05, 3.63) is 63.2 Å². The number of likely N-dealkylation sites (N-methyl/N-ethyl adjacent to an activating group) is 1. The Morgan fingerprint density at radius 2 is 1.85 bits per heavy atom. The number of non-ortho nitro benzene ring substituents is 1. The SMILES string of the molecule is CN1CCN(c2ccccc2NC(=O)c2ccc([N+](=O)[O-])cc2Cl)CC1. The van der Waals surface area contributed by atoms with Gasteiger partial charge in [-0.25, -0.2) is 0 Å². The fourth-order valence-corrected chi connectivity index (χ4v) is 3.15. The number of hydrogen-bond acceptors (Lipinski definition) is 5. The lowest BCUT2D eigenvalue weighted by Crippen LogP contribution is -2.44. The summed E-state index contributed by atoms with van der Waals surface area (Å²) < 4.78 is 0. The van der Waals surface area contributed by atoms with Crippen molar-refractivity contribution in [3.63, 3.8) is 0 Å². The van der Waals surface area contributed by atoms with Crippen LogP contribution < -0.4 is 10.2 Å². The molecule has 136 valence electrons. The summed E-state index contributed by atoms with van der Waals surface area (Å²) >= 11 is 6.06. The second-order valence-electron chi connectivity index (χ2n) is 6.18. The molecule has 26 heavy (non-hydrogen) atoms. The van der Waals surface area contributed by atoms with Gasteiger partial charge in [-0.15, -0.1) is 0 Å². The van der Waals surface area contributed by atoms with Gasteiger partial charge in [-0.1, -0.05) is 23.7 Å². The van der Waals surface area contributed by atoms with E-state index in [0.717, 1.165) is 31.9 Å². The van der Waals surface area contributed by atoms with Crippen LogP contribution in [0, 0.1) is 10.1 Å². The number of para-hydroxylation sites is 2. The number of rotatable bonds is 4. The van der Waals surface area contributed by atoms with Crippen molar-refractivity contribution in [1.29, 1.82) is 0 Å². The quantitative estimate of drug-likeness (QED) is 0.656. The van der Waals surface area contributed by atoms with Crippen LogP contribution in [0.4, 0.5) is 17.1 Å². The second-order valence-corrected chi connectivity index (χ2v) is 6.59. The normalized spacial score (nSPS) is 14.9. The number of nitrogens with zero attached hydrogens (tertiary/aromatic N) is 3. The van der Waals surface area contributed by atoms with Gasteiger partial charge in [-0.2, -0.15) is 0 Å². The van der Waals surface area contributed by atoms with Gasteiger partial charge in [0.2, 0.25) is 0 Å². The molecule has 1 heterocycles. The van der Waals surface area contributed by atoms with Crippen molar-refractivity contribution in [3.8, 4) is 0 Å². The van der Waals surface area contributed by atoms with Crippen LogP contribution in [-0.2, 0) is 0 Å². The first-order chi connectivity index (χ1) is 12.5. The van der Waals surface area contributed by atoms with Gasteiger partial charge >= 0.3 is 0 Å². The largest absolute Gasteiger partial charge is 0.367 e. The summed E-state index contributed by atoms with van der Waals surface area (Å²) in [6.45, 7) is 3.66. The molecule has 0 atom stereocenters. The van der Waals surface area contributed by atoms with E-state index in [9.17, 15) is 14.9 Å². The van der Waals surface area contributed by atoms with Crippen LogP contribution >= 0.6 is 11.6 Å². The molecule has 0 unspecified atom stereocenters. The molecule has 1 amide bonds. The number of piperazine rings is 1. The number of nitro groups is 1. The minimum absolute atomic E-state index is 0.0498. The summed E-state index contributed by atoms with van der Waals surface area (Å²) in [7, 11) is 2.08. The van der Waals surface area contributed by atoms with Gasteiger partial charge in [0.25, 0.3) is 11.6 Å². The first-order valence-electron chi connectivity index (χ1n) is 8.23. The minimum atomic E-state index is -0.545. The van der Waals surface area contributed by atoms with Crippen molar-refractivity contribution in [2.75, 3.05) is 43.4 Å². The van der Waals surface area contributed by atoms with E-state index in [2.05, 4.69) is 22.2 Å². The highest BCUT2D eigenvalue weighted by molar-refractivity contribution is 6.34. The van der Waals surface area contributed by atoms with Crippen LogP contribution in [0.2, 0.25) is 5.02 Å². The summed E-state index contributed by atoms with van der Waals surface area (Å²) in [6.07, 6.45) is 0. The Morgan fingerprint density at radius 1 is 1.15 bits per heavy atom. The Labute approximate surface area is 156 Å². The number of halogens is 1. The van der Waals surface area contributed by atoms with Gasteiger partial charge < -0.3 is 15.1 Å². The number of nitro benzene ring substituents is 1. The Kier molecular flexibility index (Phi) is 5.39. The molecule has 0 aromatic heterocycles. The highest BCUT2D eigenvalue weighted by atomic mass is 35.5. The molecule has 0 bridgehead atoms. The molecule has 2 aromatic carbocycles. The molecule has 3 rings (SSSR count). The van der Waals surface area contributed by atoms with Gasteiger partial charge in [0.1, 0.15) is 0 Å².